The number of rotatable bonds is 5. The number of hydrogen-bond acceptors (Lipinski definition) is 2. The third-order valence-electron chi connectivity index (χ3n) is 3.84. The molecule has 1 aliphatic carbocycles. The molecule has 0 radical (unpaired) electrons. The highest BCUT2D eigenvalue weighted by atomic mass is 35.5. The minimum atomic E-state index is -0.465. The third kappa shape index (κ3) is 3.66. The lowest BCUT2D eigenvalue weighted by molar-refractivity contribution is -0.385. The highest BCUT2D eigenvalue weighted by molar-refractivity contribution is 6.20. The standard InChI is InChI=1S/C14H17ClFNO2/c15-13(10-3-1-2-4-10)7-5-11-9-12(16)6-8-14(11)17(18)19/h6,8-10,13H,1-5,7H2. The predicted molar refractivity (Wildman–Crippen MR) is 73.0 cm³/mol. The zero-order chi connectivity index (χ0) is 13.8. The van der Waals surface area contributed by atoms with Crippen LogP contribution in [-0.2, 0) is 6.42 Å². The van der Waals surface area contributed by atoms with E-state index >= 15 is 0 Å². The summed E-state index contributed by atoms with van der Waals surface area (Å²) in [6.07, 6.45) is 5.83. The molecule has 0 bridgehead atoms. The van der Waals surface area contributed by atoms with Crippen LogP contribution in [0.25, 0.3) is 0 Å². The van der Waals surface area contributed by atoms with Gasteiger partial charge in [0.25, 0.3) is 5.69 Å². The van der Waals surface area contributed by atoms with Gasteiger partial charge in [0.15, 0.2) is 0 Å². The van der Waals surface area contributed by atoms with E-state index in [1.165, 1.54) is 25.0 Å². The topological polar surface area (TPSA) is 43.1 Å². The summed E-state index contributed by atoms with van der Waals surface area (Å²) in [5.41, 5.74) is 0.422. The molecule has 0 N–H and O–H groups in total. The van der Waals surface area contributed by atoms with Gasteiger partial charge in [-0.1, -0.05) is 12.8 Å². The minimum absolute atomic E-state index is 0.0170. The Kier molecular flexibility index (Phi) is 4.75. The molecule has 1 aliphatic rings. The van der Waals surface area contributed by atoms with Gasteiger partial charge in [0.1, 0.15) is 5.82 Å². The Morgan fingerprint density at radius 2 is 2.11 bits per heavy atom. The molecule has 1 aromatic carbocycles. The number of aryl methyl sites for hydroxylation is 1. The van der Waals surface area contributed by atoms with Gasteiger partial charge in [-0.2, -0.15) is 0 Å². The van der Waals surface area contributed by atoms with Crippen molar-refractivity contribution in [3.63, 3.8) is 0 Å². The maximum Gasteiger partial charge on any atom is 0.272 e. The Labute approximate surface area is 116 Å². The molecular weight excluding hydrogens is 269 g/mol. The Morgan fingerprint density at radius 1 is 1.42 bits per heavy atom. The number of nitrogens with zero attached hydrogens (tertiary/aromatic N) is 1. The molecule has 1 unspecified atom stereocenters. The van der Waals surface area contributed by atoms with Crippen molar-refractivity contribution in [3.05, 3.63) is 39.7 Å². The average Bonchev–Trinajstić information content (AvgIpc) is 2.89. The molecule has 3 nitrogen and oxygen atoms in total. The summed E-state index contributed by atoms with van der Waals surface area (Å²) in [5.74, 6) is 0.0712. The Hall–Kier alpha value is -1.16. The van der Waals surface area contributed by atoms with Crippen LogP contribution in [0.3, 0.4) is 0 Å². The second kappa shape index (κ2) is 6.33. The molecule has 104 valence electrons. The Bertz CT molecular complexity index is 461. The average molecular weight is 286 g/mol. The molecule has 0 saturated heterocycles. The van der Waals surface area contributed by atoms with Crippen LogP contribution in [0.15, 0.2) is 18.2 Å². The van der Waals surface area contributed by atoms with Gasteiger partial charge in [0.05, 0.1) is 4.92 Å². The molecule has 0 aliphatic heterocycles. The lowest BCUT2D eigenvalue weighted by atomic mass is 9.97. The highest BCUT2D eigenvalue weighted by Gasteiger charge is 2.24. The molecule has 0 spiro atoms. The van der Waals surface area contributed by atoms with Crippen molar-refractivity contribution in [2.75, 3.05) is 0 Å². The summed E-state index contributed by atoms with van der Waals surface area (Å²) < 4.78 is 13.2. The number of alkyl halides is 1. The number of nitro groups is 1. The van der Waals surface area contributed by atoms with Crippen LogP contribution in [0.5, 0.6) is 0 Å². The first kappa shape index (κ1) is 14.3. The van der Waals surface area contributed by atoms with Crippen molar-refractivity contribution in [2.24, 2.45) is 5.92 Å². The van der Waals surface area contributed by atoms with Crippen molar-refractivity contribution in [1.29, 1.82) is 0 Å². The molecule has 5 heteroatoms. The molecule has 1 atom stereocenters. The van der Waals surface area contributed by atoms with Crippen molar-refractivity contribution in [3.8, 4) is 0 Å². The second-order valence-corrected chi connectivity index (χ2v) is 5.69. The minimum Gasteiger partial charge on any atom is -0.258 e. The summed E-state index contributed by atoms with van der Waals surface area (Å²) in [4.78, 5) is 10.4. The lowest BCUT2D eigenvalue weighted by Crippen LogP contribution is -2.12. The molecular formula is C14H17ClFNO2. The van der Waals surface area contributed by atoms with E-state index in [9.17, 15) is 14.5 Å². The normalized spacial score (nSPS) is 17.6. The predicted octanol–water partition coefficient (Wildman–Crippen LogP) is 4.46. The SMILES string of the molecule is O=[N+]([O-])c1ccc(F)cc1CCC(Cl)C1CCCC1. The molecule has 1 fully saturated rings. The van der Waals surface area contributed by atoms with Gasteiger partial charge in [0.2, 0.25) is 0 Å². The molecule has 1 aromatic rings. The van der Waals surface area contributed by atoms with E-state index in [0.29, 0.717) is 24.3 Å². The van der Waals surface area contributed by atoms with E-state index in [2.05, 4.69) is 0 Å². The molecule has 1 saturated carbocycles. The largest absolute Gasteiger partial charge is 0.272 e. The van der Waals surface area contributed by atoms with Gasteiger partial charge in [-0.15, -0.1) is 11.6 Å². The van der Waals surface area contributed by atoms with Crippen molar-refractivity contribution < 1.29 is 9.31 Å². The summed E-state index contributed by atoms with van der Waals surface area (Å²) in [7, 11) is 0. The van der Waals surface area contributed by atoms with Crippen LogP contribution in [0.2, 0.25) is 0 Å². The van der Waals surface area contributed by atoms with Crippen LogP contribution in [-0.4, -0.2) is 10.3 Å². The van der Waals surface area contributed by atoms with E-state index in [0.717, 1.165) is 18.9 Å². The van der Waals surface area contributed by atoms with E-state index < -0.39 is 10.7 Å². The van der Waals surface area contributed by atoms with Gasteiger partial charge in [-0.25, -0.2) is 4.39 Å². The fourth-order valence-electron chi connectivity index (χ4n) is 2.78. The monoisotopic (exact) mass is 285 g/mol. The van der Waals surface area contributed by atoms with Gasteiger partial charge < -0.3 is 0 Å². The summed E-state index contributed by atoms with van der Waals surface area (Å²) in [6, 6.07) is 3.59. The molecule has 0 heterocycles. The van der Waals surface area contributed by atoms with Crippen molar-refractivity contribution in [2.45, 2.75) is 43.9 Å². The van der Waals surface area contributed by atoms with Crippen molar-refractivity contribution >= 4 is 17.3 Å². The van der Waals surface area contributed by atoms with Gasteiger partial charge in [-0.05, 0) is 43.7 Å². The van der Waals surface area contributed by atoms with Crippen LogP contribution in [0.4, 0.5) is 10.1 Å². The smallest absolute Gasteiger partial charge is 0.258 e. The maximum atomic E-state index is 13.2. The second-order valence-electron chi connectivity index (χ2n) is 5.13. The number of nitro benzene ring substituents is 1. The summed E-state index contributed by atoms with van der Waals surface area (Å²) in [5, 5.41) is 10.9. The Balaban J connectivity index is 2.01. The number of halogens is 2. The number of benzene rings is 1. The van der Waals surface area contributed by atoms with Crippen LogP contribution < -0.4 is 0 Å². The van der Waals surface area contributed by atoms with Gasteiger partial charge >= 0.3 is 0 Å². The van der Waals surface area contributed by atoms with Crippen LogP contribution in [0.1, 0.15) is 37.7 Å². The Morgan fingerprint density at radius 3 is 2.74 bits per heavy atom. The van der Waals surface area contributed by atoms with E-state index in [1.807, 2.05) is 0 Å². The molecule has 0 amide bonds. The van der Waals surface area contributed by atoms with Gasteiger partial charge in [-0.3, -0.25) is 10.1 Å². The summed E-state index contributed by atoms with van der Waals surface area (Å²) in [6.45, 7) is 0. The fraction of sp³-hybridized carbons (Fsp3) is 0.571. The first-order valence-electron chi connectivity index (χ1n) is 6.65. The zero-order valence-electron chi connectivity index (χ0n) is 10.6. The maximum absolute atomic E-state index is 13.2. The summed E-state index contributed by atoms with van der Waals surface area (Å²) >= 11 is 6.35. The lowest BCUT2D eigenvalue weighted by Gasteiger charge is -2.16. The van der Waals surface area contributed by atoms with Crippen LogP contribution >= 0.6 is 11.6 Å². The van der Waals surface area contributed by atoms with Gasteiger partial charge in [0, 0.05) is 17.0 Å². The van der Waals surface area contributed by atoms with Crippen LogP contribution in [0, 0.1) is 21.8 Å². The quantitative estimate of drug-likeness (QED) is 0.455. The zero-order valence-corrected chi connectivity index (χ0v) is 11.4. The molecule has 0 aromatic heterocycles. The molecule has 2 rings (SSSR count). The first-order valence-corrected chi connectivity index (χ1v) is 7.08. The fourth-order valence-corrected chi connectivity index (χ4v) is 3.14. The third-order valence-corrected chi connectivity index (χ3v) is 4.41. The molecule has 19 heavy (non-hydrogen) atoms. The first-order chi connectivity index (χ1) is 9.08. The van der Waals surface area contributed by atoms with E-state index in [-0.39, 0.29) is 11.1 Å². The number of hydrogen-bond donors (Lipinski definition) is 0. The van der Waals surface area contributed by atoms with Crippen molar-refractivity contribution in [1.82, 2.24) is 0 Å². The highest BCUT2D eigenvalue weighted by Crippen LogP contribution is 2.33. The van der Waals surface area contributed by atoms with E-state index in [4.69, 9.17) is 11.6 Å². The van der Waals surface area contributed by atoms with E-state index in [1.54, 1.807) is 0 Å².